The first-order chi connectivity index (χ1) is 20.2. The molecule has 8 rings (SSSR count). The van der Waals surface area contributed by atoms with E-state index in [0.29, 0.717) is 0 Å². The number of rotatable bonds is 3. The number of benzene rings is 6. The lowest BCUT2D eigenvalue weighted by Crippen LogP contribution is -1.94. The number of aryl methyl sites for hydroxylation is 1. The Morgan fingerprint density at radius 3 is 2.12 bits per heavy atom. The molecule has 0 fully saturated rings. The summed E-state index contributed by atoms with van der Waals surface area (Å²) in [6.07, 6.45) is 0. The van der Waals surface area contributed by atoms with Gasteiger partial charge in [0.2, 0.25) is 0 Å². The van der Waals surface area contributed by atoms with Gasteiger partial charge < -0.3 is 20.0 Å². The molecule has 0 unspecified atom stereocenters. The Kier molecular flexibility index (Phi) is 6.14. The average Bonchev–Trinajstić information content (AvgIpc) is 3.53. The minimum atomic E-state index is 0.761. The standard InChI is InChI=1S/C25H17NO.C12H12N2/c1-16-7-6-8-17(13-16)26-22-11-4-2-9-18(22)20-14-21-19-10-3-5-12-24(19)27-25(21)15-23(20)26;13-11-8-4-5-9-12(11)14-10-6-2-1-3-7-10/h2-15H,1H3;1-9,14H,13H2. The molecule has 0 radical (unpaired) electrons. The van der Waals surface area contributed by atoms with Crippen molar-refractivity contribution in [1.82, 2.24) is 4.57 Å². The fraction of sp³-hybridized carbons (Fsp3) is 0.0270. The second-order valence-electron chi connectivity index (χ2n) is 10.2. The van der Waals surface area contributed by atoms with Gasteiger partial charge in [-0.3, -0.25) is 0 Å². The zero-order valence-electron chi connectivity index (χ0n) is 22.7. The zero-order valence-corrected chi connectivity index (χ0v) is 22.7. The van der Waals surface area contributed by atoms with E-state index in [1.54, 1.807) is 0 Å². The van der Waals surface area contributed by atoms with Crippen molar-refractivity contribution in [2.45, 2.75) is 6.92 Å². The van der Waals surface area contributed by atoms with E-state index in [1.165, 1.54) is 43.8 Å². The maximum Gasteiger partial charge on any atom is 0.137 e. The van der Waals surface area contributed by atoms with Gasteiger partial charge >= 0.3 is 0 Å². The Bertz CT molecular complexity index is 2150. The number of nitrogens with one attached hydrogen (secondary N) is 1. The summed E-state index contributed by atoms with van der Waals surface area (Å²) in [5.41, 5.74) is 15.2. The quantitative estimate of drug-likeness (QED) is 0.223. The molecular weight excluding hydrogens is 502 g/mol. The number of anilines is 3. The number of furan rings is 1. The summed E-state index contributed by atoms with van der Waals surface area (Å²) in [5.74, 6) is 0. The third kappa shape index (κ3) is 4.56. The number of nitrogens with two attached hydrogens (primary N) is 1. The number of hydrogen-bond acceptors (Lipinski definition) is 3. The van der Waals surface area contributed by atoms with Crippen LogP contribution in [0, 0.1) is 6.92 Å². The van der Waals surface area contributed by atoms with E-state index >= 15 is 0 Å². The van der Waals surface area contributed by atoms with Gasteiger partial charge in [0.15, 0.2) is 0 Å². The van der Waals surface area contributed by atoms with Gasteiger partial charge in [-0.1, -0.05) is 78.9 Å². The van der Waals surface area contributed by atoms with Crippen molar-refractivity contribution in [3.63, 3.8) is 0 Å². The van der Waals surface area contributed by atoms with E-state index in [0.717, 1.165) is 28.2 Å². The van der Waals surface area contributed by atoms with E-state index in [4.69, 9.17) is 10.2 Å². The van der Waals surface area contributed by atoms with Crippen LogP contribution >= 0.6 is 0 Å². The van der Waals surface area contributed by atoms with Crippen LogP contribution < -0.4 is 11.1 Å². The monoisotopic (exact) mass is 531 g/mol. The van der Waals surface area contributed by atoms with Crippen molar-refractivity contribution >= 4 is 60.8 Å². The summed E-state index contributed by atoms with van der Waals surface area (Å²) < 4.78 is 8.50. The molecule has 198 valence electrons. The van der Waals surface area contributed by atoms with E-state index in [9.17, 15) is 0 Å². The minimum absolute atomic E-state index is 0.761. The lowest BCUT2D eigenvalue weighted by molar-refractivity contribution is 0.669. The average molecular weight is 532 g/mol. The van der Waals surface area contributed by atoms with E-state index in [-0.39, 0.29) is 0 Å². The highest BCUT2D eigenvalue weighted by atomic mass is 16.3. The molecule has 2 aromatic heterocycles. The van der Waals surface area contributed by atoms with E-state index < -0.39 is 0 Å². The highest BCUT2D eigenvalue weighted by Gasteiger charge is 2.16. The van der Waals surface area contributed by atoms with Gasteiger partial charge in [-0.15, -0.1) is 0 Å². The number of nitrogen functional groups attached to an aromatic ring is 1. The van der Waals surface area contributed by atoms with Crippen LogP contribution in [0.4, 0.5) is 17.1 Å². The molecule has 6 aromatic carbocycles. The fourth-order valence-electron chi connectivity index (χ4n) is 5.52. The minimum Gasteiger partial charge on any atom is -0.456 e. The number of nitrogens with zero attached hydrogens (tertiary/aromatic N) is 1. The SMILES string of the molecule is Cc1cccc(-n2c3ccccc3c3cc4c(cc32)oc2ccccc24)c1.Nc1ccccc1Nc1ccccc1. The van der Waals surface area contributed by atoms with Crippen molar-refractivity contribution in [2.24, 2.45) is 0 Å². The molecule has 0 spiro atoms. The van der Waals surface area contributed by atoms with Gasteiger partial charge in [-0.25, -0.2) is 0 Å². The number of hydrogen-bond donors (Lipinski definition) is 2. The van der Waals surface area contributed by atoms with Gasteiger partial charge in [0.05, 0.1) is 22.4 Å². The largest absolute Gasteiger partial charge is 0.456 e. The summed E-state index contributed by atoms with van der Waals surface area (Å²) in [4.78, 5) is 0. The van der Waals surface area contributed by atoms with Crippen LogP contribution in [0.15, 0.2) is 144 Å². The molecule has 41 heavy (non-hydrogen) atoms. The van der Waals surface area contributed by atoms with Crippen molar-refractivity contribution in [3.05, 3.63) is 145 Å². The normalized spacial score (nSPS) is 11.1. The van der Waals surface area contributed by atoms with Crippen LogP contribution in [0.1, 0.15) is 5.56 Å². The van der Waals surface area contributed by atoms with Crippen LogP contribution in [0.5, 0.6) is 0 Å². The zero-order chi connectivity index (χ0) is 27.8. The van der Waals surface area contributed by atoms with Crippen molar-refractivity contribution in [3.8, 4) is 5.69 Å². The Hall–Kier alpha value is -5.48. The molecule has 0 saturated heterocycles. The first kappa shape index (κ1) is 24.6. The number of fused-ring (bicyclic) bond motifs is 6. The molecule has 8 aromatic rings. The first-order valence-corrected chi connectivity index (χ1v) is 13.7. The van der Waals surface area contributed by atoms with Gasteiger partial charge in [-0.05, 0) is 67.1 Å². The predicted octanol–water partition coefficient (Wildman–Crippen LogP) is 10.0. The fourth-order valence-corrected chi connectivity index (χ4v) is 5.52. The Morgan fingerprint density at radius 2 is 1.29 bits per heavy atom. The van der Waals surface area contributed by atoms with E-state index in [1.807, 2.05) is 66.7 Å². The van der Waals surface area contributed by atoms with Gasteiger partial charge in [0.25, 0.3) is 0 Å². The predicted molar refractivity (Wildman–Crippen MR) is 173 cm³/mol. The summed E-state index contributed by atoms with van der Waals surface area (Å²) >= 11 is 0. The third-order valence-electron chi connectivity index (χ3n) is 7.44. The Balaban J connectivity index is 0.000000167. The molecule has 3 N–H and O–H groups in total. The van der Waals surface area contributed by atoms with Crippen LogP contribution in [0.25, 0.3) is 49.4 Å². The van der Waals surface area contributed by atoms with Crippen LogP contribution in [0.2, 0.25) is 0 Å². The number of aromatic nitrogens is 1. The lowest BCUT2D eigenvalue weighted by atomic mass is 10.1. The van der Waals surface area contributed by atoms with Gasteiger partial charge in [0, 0.05) is 39.0 Å². The molecule has 2 heterocycles. The lowest BCUT2D eigenvalue weighted by Gasteiger charge is -2.08. The Morgan fingerprint density at radius 1 is 0.561 bits per heavy atom. The highest BCUT2D eigenvalue weighted by Crippen LogP contribution is 2.38. The summed E-state index contributed by atoms with van der Waals surface area (Å²) in [6.45, 7) is 2.13. The van der Waals surface area contributed by atoms with Crippen molar-refractivity contribution in [2.75, 3.05) is 11.1 Å². The van der Waals surface area contributed by atoms with Crippen molar-refractivity contribution in [1.29, 1.82) is 0 Å². The highest BCUT2D eigenvalue weighted by molar-refractivity contribution is 6.17. The number of para-hydroxylation sites is 5. The molecule has 0 atom stereocenters. The molecule has 0 saturated carbocycles. The summed E-state index contributed by atoms with van der Waals surface area (Å²) in [5, 5.41) is 8.11. The van der Waals surface area contributed by atoms with Crippen LogP contribution in [0.3, 0.4) is 0 Å². The second kappa shape index (κ2) is 10.2. The molecule has 0 aliphatic carbocycles. The molecule has 0 amide bonds. The molecule has 0 bridgehead atoms. The Labute approximate surface area is 238 Å². The molecule has 4 nitrogen and oxygen atoms in total. The molecular formula is C37H29N3O. The maximum atomic E-state index is 6.16. The van der Waals surface area contributed by atoms with Gasteiger partial charge in [-0.2, -0.15) is 0 Å². The van der Waals surface area contributed by atoms with Crippen LogP contribution in [-0.4, -0.2) is 4.57 Å². The van der Waals surface area contributed by atoms with Crippen molar-refractivity contribution < 1.29 is 4.42 Å². The maximum absolute atomic E-state index is 6.16. The molecule has 0 aliphatic rings. The molecule has 0 aliphatic heterocycles. The smallest absolute Gasteiger partial charge is 0.137 e. The third-order valence-corrected chi connectivity index (χ3v) is 7.44. The van der Waals surface area contributed by atoms with E-state index in [2.05, 4.69) is 89.6 Å². The molecule has 4 heteroatoms. The summed E-state index contributed by atoms with van der Waals surface area (Å²) in [6, 6.07) is 47.7. The second-order valence-corrected chi connectivity index (χ2v) is 10.2. The first-order valence-electron chi connectivity index (χ1n) is 13.7. The van der Waals surface area contributed by atoms with Crippen LogP contribution in [-0.2, 0) is 0 Å². The topological polar surface area (TPSA) is 56.1 Å². The van der Waals surface area contributed by atoms with Gasteiger partial charge in [0.1, 0.15) is 11.2 Å². The summed E-state index contributed by atoms with van der Waals surface area (Å²) in [7, 11) is 0.